The zero-order valence-electron chi connectivity index (χ0n) is 15.8. The molecule has 0 aromatic heterocycles. The standard InChI is InChI=1S/C23H19ClFN3O/c1-14-12-18-13-17(15-4-9-20(25)10-5-15)6-11-21(18)22(27-28(14)23(26)29)16-2-7-19(24)8-3-16/h2-11,13-14H,12H2,1H3,(H2,26,29). The van der Waals surface area contributed by atoms with Gasteiger partial charge in [-0.1, -0.05) is 54.1 Å². The van der Waals surface area contributed by atoms with Crippen molar-refractivity contribution in [2.75, 3.05) is 0 Å². The summed E-state index contributed by atoms with van der Waals surface area (Å²) < 4.78 is 13.3. The molecule has 0 saturated heterocycles. The second-order valence-corrected chi connectivity index (χ2v) is 7.51. The van der Waals surface area contributed by atoms with Crippen LogP contribution in [0.4, 0.5) is 9.18 Å². The van der Waals surface area contributed by atoms with Crippen molar-refractivity contribution in [1.29, 1.82) is 0 Å². The minimum Gasteiger partial charge on any atom is -0.350 e. The van der Waals surface area contributed by atoms with Gasteiger partial charge in [0.1, 0.15) is 5.82 Å². The number of fused-ring (bicyclic) bond motifs is 1. The fourth-order valence-electron chi connectivity index (χ4n) is 3.57. The zero-order chi connectivity index (χ0) is 20.5. The lowest BCUT2D eigenvalue weighted by molar-refractivity contribution is 0.192. The minimum absolute atomic E-state index is 0.209. The van der Waals surface area contributed by atoms with Gasteiger partial charge in [0.05, 0.1) is 11.8 Å². The summed E-state index contributed by atoms with van der Waals surface area (Å²) in [4.78, 5) is 12.0. The highest BCUT2D eigenvalue weighted by atomic mass is 35.5. The van der Waals surface area contributed by atoms with Gasteiger partial charge < -0.3 is 5.73 Å². The molecule has 6 heteroatoms. The van der Waals surface area contributed by atoms with Crippen LogP contribution in [0.25, 0.3) is 11.1 Å². The van der Waals surface area contributed by atoms with E-state index in [1.54, 1.807) is 24.3 Å². The van der Waals surface area contributed by atoms with Crippen LogP contribution < -0.4 is 5.73 Å². The molecule has 0 radical (unpaired) electrons. The predicted octanol–water partition coefficient (Wildman–Crippen LogP) is 5.22. The Kier molecular flexibility index (Phi) is 5.07. The van der Waals surface area contributed by atoms with Gasteiger partial charge in [-0.05, 0) is 54.3 Å². The van der Waals surface area contributed by atoms with Gasteiger partial charge in [-0.25, -0.2) is 14.2 Å². The van der Waals surface area contributed by atoms with Crippen molar-refractivity contribution in [3.63, 3.8) is 0 Å². The third-order valence-corrected chi connectivity index (χ3v) is 5.27. The Labute approximate surface area is 173 Å². The molecular weight excluding hydrogens is 389 g/mol. The number of nitrogens with two attached hydrogens (primary N) is 1. The van der Waals surface area contributed by atoms with Crippen LogP contribution in [0.1, 0.15) is 23.6 Å². The molecule has 0 saturated carbocycles. The quantitative estimate of drug-likeness (QED) is 0.621. The van der Waals surface area contributed by atoms with E-state index in [-0.39, 0.29) is 11.9 Å². The number of rotatable bonds is 2. The molecule has 0 fully saturated rings. The Morgan fingerprint density at radius 3 is 2.31 bits per heavy atom. The molecule has 1 aliphatic rings. The lowest BCUT2D eigenvalue weighted by Crippen LogP contribution is -2.39. The van der Waals surface area contributed by atoms with Crippen LogP contribution in [0.15, 0.2) is 71.8 Å². The van der Waals surface area contributed by atoms with Gasteiger partial charge in [0.15, 0.2) is 0 Å². The number of benzene rings is 3. The Hall–Kier alpha value is -3.18. The highest BCUT2D eigenvalue weighted by Crippen LogP contribution is 2.29. The number of carbonyl (C=O) groups excluding carboxylic acids is 1. The van der Waals surface area contributed by atoms with E-state index in [9.17, 15) is 9.18 Å². The van der Waals surface area contributed by atoms with E-state index in [0.29, 0.717) is 17.2 Å². The number of nitrogens with zero attached hydrogens (tertiary/aromatic N) is 2. The largest absolute Gasteiger partial charge is 0.350 e. The molecule has 2 amide bonds. The topological polar surface area (TPSA) is 58.7 Å². The normalized spacial score (nSPS) is 16.0. The molecule has 1 aliphatic heterocycles. The van der Waals surface area contributed by atoms with E-state index in [0.717, 1.165) is 27.8 Å². The van der Waals surface area contributed by atoms with Crippen LogP contribution in [0.2, 0.25) is 5.02 Å². The van der Waals surface area contributed by atoms with Crippen molar-refractivity contribution in [2.45, 2.75) is 19.4 Å². The number of hydrazone groups is 1. The number of halogens is 2. The molecule has 1 unspecified atom stereocenters. The number of carbonyl (C=O) groups is 1. The second kappa shape index (κ2) is 7.68. The summed E-state index contributed by atoms with van der Waals surface area (Å²) in [7, 11) is 0. The third-order valence-electron chi connectivity index (χ3n) is 5.02. The van der Waals surface area contributed by atoms with Crippen molar-refractivity contribution < 1.29 is 9.18 Å². The van der Waals surface area contributed by atoms with Gasteiger partial charge in [0.2, 0.25) is 0 Å². The summed E-state index contributed by atoms with van der Waals surface area (Å²) in [6.45, 7) is 1.91. The number of amides is 2. The maximum atomic E-state index is 13.3. The Morgan fingerprint density at radius 1 is 1.03 bits per heavy atom. The predicted molar refractivity (Wildman–Crippen MR) is 114 cm³/mol. The van der Waals surface area contributed by atoms with Crippen LogP contribution in [0, 0.1) is 5.82 Å². The molecule has 3 aromatic rings. The molecule has 0 bridgehead atoms. The van der Waals surface area contributed by atoms with Crippen LogP contribution in [-0.4, -0.2) is 22.8 Å². The Morgan fingerprint density at radius 2 is 1.66 bits per heavy atom. The molecule has 3 aromatic carbocycles. The maximum Gasteiger partial charge on any atom is 0.335 e. The summed E-state index contributed by atoms with van der Waals surface area (Å²) in [5.74, 6) is -0.272. The van der Waals surface area contributed by atoms with Gasteiger partial charge >= 0.3 is 6.03 Å². The van der Waals surface area contributed by atoms with Crippen molar-refractivity contribution in [3.8, 4) is 11.1 Å². The van der Waals surface area contributed by atoms with Crippen LogP contribution in [-0.2, 0) is 6.42 Å². The molecule has 1 heterocycles. The average molecular weight is 408 g/mol. The second-order valence-electron chi connectivity index (χ2n) is 7.07. The van der Waals surface area contributed by atoms with E-state index < -0.39 is 6.03 Å². The molecule has 2 N–H and O–H groups in total. The van der Waals surface area contributed by atoms with Crippen molar-refractivity contribution in [1.82, 2.24) is 5.01 Å². The number of urea groups is 1. The van der Waals surface area contributed by atoms with Crippen molar-refractivity contribution in [3.05, 3.63) is 94.3 Å². The van der Waals surface area contributed by atoms with E-state index in [4.69, 9.17) is 17.3 Å². The zero-order valence-corrected chi connectivity index (χ0v) is 16.5. The fraction of sp³-hybridized carbons (Fsp3) is 0.130. The highest BCUT2D eigenvalue weighted by Gasteiger charge is 2.26. The lowest BCUT2D eigenvalue weighted by Gasteiger charge is -2.20. The summed E-state index contributed by atoms with van der Waals surface area (Å²) in [6.07, 6.45) is 0.591. The average Bonchev–Trinajstić information content (AvgIpc) is 2.84. The first-order valence-electron chi connectivity index (χ1n) is 9.25. The highest BCUT2D eigenvalue weighted by molar-refractivity contribution is 6.30. The summed E-state index contributed by atoms with van der Waals surface area (Å²) >= 11 is 6.03. The fourth-order valence-corrected chi connectivity index (χ4v) is 3.69. The number of primary amides is 1. The van der Waals surface area contributed by atoms with Crippen LogP contribution >= 0.6 is 11.6 Å². The summed E-state index contributed by atoms with van der Waals surface area (Å²) in [5.41, 5.74) is 10.9. The summed E-state index contributed by atoms with van der Waals surface area (Å²) in [5, 5.41) is 6.54. The van der Waals surface area contributed by atoms with Gasteiger partial charge in [0, 0.05) is 16.1 Å². The van der Waals surface area contributed by atoms with E-state index in [1.165, 1.54) is 17.1 Å². The Balaban J connectivity index is 1.85. The molecule has 146 valence electrons. The van der Waals surface area contributed by atoms with Gasteiger partial charge in [0.25, 0.3) is 0 Å². The van der Waals surface area contributed by atoms with Gasteiger partial charge in [-0.3, -0.25) is 0 Å². The molecule has 1 atom stereocenters. The SMILES string of the molecule is CC1Cc2cc(-c3ccc(F)cc3)ccc2C(c2ccc(Cl)cc2)=NN1C(N)=O. The smallest absolute Gasteiger partial charge is 0.335 e. The van der Waals surface area contributed by atoms with Crippen molar-refractivity contribution in [2.24, 2.45) is 10.8 Å². The molecule has 0 aliphatic carbocycles. The Bertz CT molecular complexity index is 1090. The van der Waals surface area contributed by atoms with Gasteiger partial charge in [-0.2, -0.15) is 5.10 Å². The van der Waals surface area contributed by atoms with E-state index in [1.807, 2.05) is 31.2 Å². The minimum atomic E-state index is -0.601. The third kappa shape index (κ3) is 3.87. The monoisotopic (exact) mass is 407 g/mol. The number of hydrogen-bond donors (Lipinski definition) is 1. The lowest BCUT2D eigenvalue weighted by atomic mass is 9.91. The van der Waals surface area contributed by atoms with Crippen LogP contribution in [0.3, 0.4) is 0 Å². The molecule has 0 spiro atoms. The molecule has 4 nitrogen and oxygen atoms in total. The van der Waals surface area contributed by atoms with E-state index in [2.05, 4.69) is 11.2 Å². The van der Waals surface area contributed by atoms with Gasteiger partial charge in [-0.15, -0.1) is 0 Å². The van der Waals surface area contributed by atoms with E-state index >= 15 is 0 Å². The van der Waals surface area contributed by atoms with Crippen molar-refractivity contribution >= 4 is 23.3 Å². The first kappa shape index (κ1) is 19.2. The molecular formula is C23H19ClFN3O. The van der Waals surface area contributed by atoms with Crippen LogP contribution in [0.5, 0.6) is 0 Å². The molecule has 29 heavy (non-hydrogen) atoms. The first-order valence-corrected chi connectivity index (χ1v) is 9.62. The number of hydrogen-bond acceptors (Lipinski definition) is 2. The summed E-state index contributed by atoms with van der Waals surface area (Å²) in [6, 6.07) is 18.9. The molecule has 4 rings (SSSR count). The maximum absolute atomic E-state index is 13.3. The first-order chi connectivity index (χ1) is 13.9.